The first-order valence-corrected chi connectivity index (χ1v) is 15.8. The summed E-state index contributed by atoms with van der Waals surface area (Å²) in [5.74, 6) is 2.02. The molecule has 0 saturated heterocycles. The molecule has 7 unspecified atom stereocenters. The van der Waals surface area contributed by atoms with Gasteiger partial charge in [0.2, 0.25) is 0 Å². The molecule has 5 rings (SSSR count). The minimum Gasteiger partial charge on any atom is -0.408 e. The molecule has 8 atom stereocenters. The summed E-state index contributed by atoms with van der Waals surface area (Å²) in [4.78, 5) is 2.55. The molecule has 5 aliphatic rings. The molecule has 2 N–H and O–H groups in total. The SMILES string of the molecule is CC.CC.CN(C)C1CCC23CC24CCC2(C)CCC[C@@]2(C)C4CCC3C1(C)C.CNC(C)OC#N.CO. The fourth-order valence-corrected chi connectivity index (χ4v) is 10.4. The predicted octanol–water partition coefficient (Wildman–Crippen LogP) is 7.84. The third-order valence-electron chi connectivity index (χ3n) is 12.2. The molecule has 0 aromatic heterocycles. The molecule has 2 spiro atoms. The van der Waals surface area contributed by atoms with Crippen LogP contribution in [-0.4, -0.2) is 50.5 Å². The number of ether oxygens (including phenoxy) is 1. The van der Waals surface area contributed by atoms with Crippen LogP contribution in [-0.2, 0) is 4.74 Å². The largest absolute Gasteiger partial charge is 0.408 e. The van der Waals surface area contributed by atoms with Crippen LogP contribution < -0.4 is 5.32 Å². The topological polar surface area (TPSA) is 68.5 Å². The number of aliphatic hydroxyl groups is 1. The van der Waals surface area contributed by atoms with Crippen molar-refractivity contribution in [1.29, 1.82) is 5.26 Å². The Morgan fingerprint density at radius 3 is 1.92 bits per heavy atom. The first-order valence-electron chi connectivity index (χ1n) is 15.8. The Balaban J connectivity index is 0.000000476. The summed E-state index contributed by atoms with van der Waals surface area (Å²) in [6.45, 7) is 20.4. The first kappa shape index (κ1) is 35.2. The Morgan fingerprint density at radius 1 is 0.868 bits per heavy atom. The number of aliphatic hydroxyl groups excluding tert-OH is 1. The molecule has 38 heavy (non-hydrogen) atoms. The summed E-state index contributed by atoms with van der Waals surface area (Å²) < 4.78 is 4.39. The van der Waals surface area contributed by atoms with Gasteiger partial charge in [0.1, 0.15) is 0 Å². The van der Waals surface area contributed by atoms with Gasteiger partial charge in [0, 0.05) is 13.2 Å². The summed E-state index contributed by atoms with van der Waals surface area (Å²) in [6, 6.07) is 0.785. The van der Waals surface area contributed by atoms with Crippen LogP contribution in [0.3, 0.4) is 0 Å². The number of hydrogen-bond acceptors (Lipinski definition) is 5. The predicted molar refractivity (Wildman–Crippen MR) is 162 cm³/mol. The lowest BCUT2D eigenvalue weighted by atomic mass is 9.42. The second-order valence-electron chi connectivity index (χ2n) is 13.5. The molecular formula is C33H65N3O2. The van der Waals surface area contributed by atoms with Crippen LogP contribution in [0.4, 0.5) is 0 Å². The van der Waals surface area contributed by atoms with E-state index in [9.17, 15) is 0 Å². The molecule has 0 amide bonds. The van der Waals surface area contributed by atoms with E-state index >= 15 is 0 Å². The summed E-state index contributed by atoms with van der Waals surface area (Å²) in [5.41, 5.74) is 3.30. The summed E-state index contributed by atoms with van der Waals surface area (Å²) in [6.07, 6.45) is 16.7. The van der Waals surface area contributed by atoms with Gasteiger partial charge in [-0.3, -0.25) is 5.32 Å². The molecule has 0 bridgehead atoms. The summed E-state index contributed by atoms with van der Waals surface area (Å²) in [7, 11) is 7.37. The minimum atomic E-state index is -0.162. The van der Waals surface area contributed by atoms with E-state index < -0.39 is 0 Å². The highest BCUT2D eigenvalue weighted by atomic mass is 16.5. The molecule has 0 radical (unpaired) electrons. The van der Waals surface area contributed by atoms with Crippen molar-refractivity contribution < 1.29 is 9.84 Å². The maximum atomic E-state index is 7.86. The van der Waals surface area contributed by atoms with Crippen LogP contribution in [0.1, 0.15) is 127 Å². The van der Waals surface area contributed by atoms with Gasteiger partial charge in [-0.2, -0.15) is 5.26 Å². The van der Waals surface area contributed by atoms with Crippen molar-refractivity contribution in [1.82, 2.24) is 10.2 Å². The van der Waals surface area contributed by atoms with Crippen LogP contribution >= 0.6 is 0 Å². The molecule has 224 valence electrons. The maximum absolute atomic E-state index is 7.86. The zero-order chi connectivity index (χ0) is 29.6. The van der Waals surface area contributed by atoms with Gasteiger partial charge in [-0.25, -0.2) is 0 Å². The van der Waals surface area contributed by atoms with Crippen LogP contribution in [0.2, 0.25) is 0 Å². The van der Waals surface area contributed by atoms with E-state index in [2.05, 4.69) is 56.7 Å². The van der Waals surface area contributed by atoms with Gasteiger partial charge in [0.25, 0.3) is 6.26 Å². The third-order valence-corrected chi connectivity index (χ3v) is 12.2. The molecule has 0 heterocycles. The average molecular weight is 536 g/mol. The fraction of sp³-hybridized carbons (Fsp3) is 0.970. The van der Waals surface area contributed by atoms with Gasteiger partial charge in [-0.1, -0.05) is 61.8 Å². The molecule has 5 aliphatic carbocycles. The monoisotopic (exact) mass is 536 g/mol. The lowest BCUT2D eigenvalue weighted by Crippen LogP contribution is -2.58. The van der Waals surface area contributed by atoms with Crippen LogP contribution in [0.25, 0.3) is 0 Å². The van der Waals surface area contributed by atoms with Crippen molar-refractivity contribution in [3.63, 3.8) is 0 Å². The van der Waals surface area contributed by atoms with Gasteiger partial charge in [0.05, 0.1) is 0 Å². The lowest BCUT2D eigenvalue weighted by molar-refractivity contribution is -0.140. The Kier molecular flexibility index (Phi) is 12.7. The molecule has 5 saturated carbocycles. The smallest absolute Gasteiger partial charge is 0.287 e. The van der Waals surface area contributed by atoms with Gasteiger partial charge in [0.15, 0.2) is 6.23 Å². The zero-order valence-electron chi connectivity index (χ0n) is 27.6. The Labute approximate surface area is 237 Å². The second-order valence-corrected chi connectivity index (χ2v) is 13.5. The third kappa shape index (κ3) is 5.53. The van der Waals surface area contributed by atoms with Crippen molar-refractivity contribution in [2.45, 2.75) is 139 Å². The van der Waals surface area contributed by atoms with E-state index in [4.69, 9.17) is 10.4 Å². The zero-order valence-corrected chi connectivity index (χ0v) is 27.6. The average Bonchev–Trinajstić information content (AvgIpc) is 3.47. The van der Waals surface area contributed by atoms with E-state index in [-0.39, 0.29) is 6.23 Å². The first-order chi connectivity index (χ1) is 17.9. The van der Waals surface area contributed by atoms with Crippen molar-refractivity contribution in [2.24, 2.45) is 38.9 Å². The number of nitrogens with one attached hydrogen (secondary N) is 1. The summed E-state index contributed by atoms with van der Waals surface area (Å²) in [5, 5.41) is 17.6. The van der Waals surface area contributed by atoms with E-state index in [1.165, 1.54) is 44.9 Å². The number of fused-ring (bicyclic) bond motifs is 2. The van der Waals surface area contributed by atoms with Gasteiger partial charge in [-0.05, 0) is 125 Å². The van der Waals surface area contributed by atoms with Gasteiger partial charge in [-0.15, -0.1) is 0 Å². The molecule has 5 fully saturated rings. The van der Waals surface area contributed by atoms with Crippen molar-refractivity contribution >= 4 is 0 Å². The van der Waals surface area contributed by atoms with E-state index in [1.807, 2.05) is 27.7 Å². The lowest BCUT2D eigenvalue weighted by Gasteiger charge is -2.63. The molecular weight excluding hydrogens is 470 g/mol. The van der Waals surface area contributed by atoms with E-state index in [0.717, 1.165) is 35.8 Å². The highest BCUT2D eigenvalue weighted by molar-refractivity contribution is 5.30. The minimum absolute atomic E-state index is 0.162. The summed E-state index contributed by atoms with van der Waals surface area (Å²) >= 11 is 0. The van der Waals surface area contributed by atoms with E-state index in [1.54, 1.807) is 39.5 Å². The van der Waals surface area contributed by atoms with Crippen LogP contribution in [0.15, 0.2) is 0 Å². The van der Waals surface area contributed by atoms with Crippen molar-refractivity contribution in [3.8, 4) is 6.26 Å². The maximum Gasteiger partial charge on any atom is 0.287 e. The second kappa shape index (κ2) is 13.7. The van der Waals surface area contributed by atoms with Crippen LogP contribution in [0.5, 0.6) is 0 Å². The number of rotatable bonds is 3. The Bertz CT molecular complexity index is 764. The molecule has 0 aromatic rings. The normalized spacial score (nSPS) is 41.5. The highest BCUT2D eigenvalue weighted by Gasteiger charge is 2.81. The number of nitrogens with zero attached hydrogens (tertiary/aromatic N) is 2. The molecule has 5 nitrogen and oxygen atoms in total. The molecule has 0 aliphatic heterocycles. The van der Waals surface area contributed by atoms with E-state index in [0.29, 0.717) is 16.2 Å². The van der Waals surface area contributed by atoms with Crippen molar-refractivity contribution in [2.75, 3.05) is 28.3 Å². The fourth-order valence-electron chi connectivity index (χ4n) is 10.4. The van der Waals surface area contributed by atoms with Gasteiger partial charge >= 0.3 is 0 Å². The molecule has 5 heteroatoms. The quantitative estimate of drug-likeness (QED) is 0.284. The van der Waals surface area contributed by atoms with Crippen LogP contribution in [0, 0.1) is 50.4 Å². The highest BCUT2D eigenvalue weighted by Crippen LogP contribution is 2.88. The number of hydrogen-bond donors (Lipinski definition) is 2. The van der Waals surface area contributed by atoms with Gasteiger partial charge < -0.3 is 14.7 Å². The standard InChI is InChI=1S/C24H41N.C4H8N2O.2C2H6.CH4O/c1-20(2)17-8-9-18-22(4)12-7-11-21(22,3)14-15-24(18)16-23(17,24)13-10-19(20)25(5)6;1-4(6-2)7-3-5;3*1-2/h17-19H,7-16H2,1-6H3;4,6H,1-2H3;2*1-2H3;2H,1H3/t17?,18?,19?,21?,22-,23?,24?;;;;/m0..../s1. The Morgan fingerprint density at radius 2 is 1.42 bits per heavy atom. The Hall–Kier alpha value is -0.830. The van der Waals surface area contributed by atoms with Crippen molar-refractivity contribution in [3.05, 3.63) is 0 Å². The molecule has 0 aromatic carbocycles. The number of nitriles is 1.